The number of hydrogen-bond acceptors (Lipinski definition) is 7. The lowest BCUT2D eigenvalue weighted by Crippen LogP contribution is -2.41. The van der Waals surface area contributed by atoms with Gasteiger partial charge in [0.15, 0.2) is 0 Å². The number of nitro groups is 1. The van der Waals surface area contributed by atoms with E-state index in [2.05, 4.69) is 10.6 Å². The van der Waals surface area contributed by atoms with Crippen molar-refractivity contribution in [2.75, 3.05) is 43.5 Å². The summed E-state index contributed by atoms with van der Waals surface area (Å²) in [4.78, 5) is 36.4. The van der Waals surface area contributed by atoms with E-state index in [1.54, 1.807) is 24.3 Å². The molecule has 0 atom stereocenters. The van der Waals surface area contributed by atoms with Gasteiger partial charge in [-0.2, -0.15) is 0 Å². The molecular formula is C19H20N4O6. The molecule has 29 heavy (non-hydrogen) atoms. The van der Waals surface area contributed by atoms with Gasteiger partial charge in [0.1, 0.15) is 5.75 Å². The normalized spacial score (nSPS) is 14.2. The first-order valence-corrected chi connectivity index (χ1v) is 8.91. The van der Waals surface area contributed by atoms with Gasteiger partial charge in [-0.1, -0.05) is 0 Å². The Hall–Kier alpha value is -3.50. The van der Waals surface area contributed by atoms with Gasteiger partial charge < -0.3 is 20.5 Å². The van der Waals surface area contributed by atoms with Crippen molar-refractivity contribution in [3.05, 3.63) is 58.1 Å². The number of aromatic hydroxyl groups is 1. The lowest BCUT2D eigenvalue weighted by atomic mass is 10.1. The zero-order valence-electron chi connectivity index (χ0n) is 15.5. The minimum atomic E-state index is -0.659. The number of nitrogens with one attached hydrogen (secondary N) is 2. The summed E-state index contributed by atoms with van der Waals surface area (Å²) in [5.41, 5.74) is 0.632. The Bertz CT molecular complexity index is 909. The molecule has 0 spiro atoms. The van der Waals surface area contributed by atoms with Gasteiger partial charge in [0.25, 0.3) is 11.6 Å². The first-order valence-electron chi connectivity index (χ1n) is 8.91. The van der Waals surface area contributed by atoms with Crippen LogP contribution in [0.25, 0.3) is 0 Å². The van der Waals surface area contributed by atoms with Crippen LogP contribution in [0.2, 0.25) is 0 Å². The molecule has 2 amide bonds. The van der Waals surface area contributed by atoms with E-state index in [4.69, 9.17) is 4.74 Å². The number of ether oxygens (including phenoxy) is 1. The van der Waals surface area contributed by atoms with Crippen LogP contribution in [-0.4, -0.2) is 59.6 Å². The molecule has 152 valence electrons. The number of non-ortho nitro benzene ring substituents is 1. The van der Waals surface area contributed by atoms with Gasteiger partial charge >= 0.3 is 0 Å². The number of phenolic OH excluding ortho intramolecular Hbond substituents is 1. The summed E-state index contributed by atoms with van der Waals surface area (Å²) in [5.74, 6) is -1.23. The van der Waals surface area contributed by atoms with Crippen molar-refractivity contribution in [2.45, 2.75) is 0 Å². The highest BCUT2D eigenvalue weighted by molar-refractivity contribution is 6.06. The van der Waals surface area contributed by atoms with Crippen LogP contribution in [0.3, 0.4) is 0 Å². The minimum Gasteiger partial charge on any atom is -0.507 e. The zero-order valence-corrected chi connectivity index (χ0v) is 15.5. The molecule has 0 aliphatic carbocycles. The number of rotatable bonds is 6. The number of carbonyl (C=O) groups is 2. The van der Waals surface area contributed by atoms with E-state index in [-0.39, 0.29) is 23.7 Å². The van der Waals surface area contributed by atoms with Gasteiger partial charge in [-0.15, -0.1) is 0 Å². The first kappa shape index (κ1) is 20.2. The van der Waals surface area contributed by atoms with E-state index in [0.717, 1.165) is 12.1 Å². The molecular weight excluding hydrogens is 380 g/mol. The Morgan fingerprint density at radius 1 is 1.07 bits per heavy atom. The summed E-state index contributed by atoms with van der Waals surface area (Å²) < 4.78 is 5.25. The third kappa shape index (κ3) is 5.50. The fourth-order valence-electron chi connectivity index (χ4n) is 2.82. The van der Waals surface area contributed by atoms with Crippen molar-refractivity contribution < 1.29 is 24.4 Å². The van der Waals surface area contributed by atoms with Crippen molar-refractivity contribution in [3.63, 3.8) is 0 Å². The standard InChI is InChI=1S/C19H20N4O6/c24-17-11-15(23(27)28)5-6-16(17)19(26)21-14-3-1-13(2-4-14)20-18(25)12-22-7-9-29-10-8-22/h1-6,11,24H,7-10,12H2,(H,20,25)(H,21,26). The molecule has 10 nitrogen and oxygen atoms in total. The predicted octanol–water partition coefficient (Wildman–Crippen LogP) is 1.82. The van der Waals surface area contributed by atoms with Gasteiger partial charge in [0.2, 0.25) is 5.91 Å². The van der Waals surface area contributed by atoms with Crippen molar-refractivity contribution >= 4 is 28.9 Å². The fourth-order valence-corrected chi connectivity index (χ4v) is 2.82. The number of phenols is 1. The van der Waals surface area contributed by atoms with Crippen LogP contribution in [0, 0.1) is 10.1 Å². The van der Waals surface area contributed by atoms with Gasteiger partial charge in [0.05, 0.1) is 36.3 Å². The fraction of sp³-hybridized carbons (Fsp3) is 0.263. The van der Waals surface area contributed by atoms with E-state index in [9.17, 15) is 24.8 Å². The number of amides is 2. The number of hydrogen-bond donors (Lipinski definition) is 3. The molecule has 3 N–H and O–H groups in total. The molecule has 1 aliphatic rings. The molecule has 3 rings (SSSR count). The van der Waals surface area contributed by atoms with Crippen molar-refractivity contribution in [1.29, 1.82) is 0 Å². The Morgan fingerprint density at radius 3 is 2.28 bits per heavy atom. The lowest BCUT2D eigenvalue weighted by Gasteiger charge is -2.25. The molecule has 1 aliphatic heterocycles. The number of anilines is 2. The molecule has 2 aromatic carbocycles. The first-order chi connectivity index (χ1) is 13.9. The molecule has 0 saturated carbocycles. The van der Waals surface area contributed by atoms with E-state index < -0.39 is 16.6 Å². The largest absolute Gasteiger partial charge is 0.507 e. The molecule has 0 aromatic heterocycles. The summed E-state index contributed by atoms with van der Waals surface area (Å²) in [6, 6.07) is 9.73. The second kappa shape index (κ2) is 9.13. The van der Waals surface area contributed by atoms with E-state index in [0.29, 0.717) is 37.7 Å². The highest BCUT2D eigenvalue weighted by atomic mass is 16.6. The van der Waals surface area contributed by atoms with Gasteiger partial charge in [-0.05, 0) is 30.3 Å². The van der Waals surface area contributed by atoms with Crippen molar-refractivity contribution in [3.8, 4) is 5.75 Å². The molecule has 0 radical (unpaired) electrons. The lowest BCUT2D eigenvalue weighted by molar-refractivity contribution is -0.384. The molecule has 1 fully saturated rings. The molecule has 2 aromatic rings. The highest BCUT2D eigenvalue weighted by Crippen LogP contribution is 2.24. The van der Waals surface area contributed by atoms with Crippen LogP contribution in [0.4, 0.5) is 17.1 Å². The summed E-state index contributed by atoms with van der Waals surface area (Å²) in [5, 5.41) is 25.9. The van der Waals surface area contributed by atoms with Crippen LogP contribution in [0.1, 0.15) is 10.4 Å². The van der Waals surface area contributed by atoms with Crippen LogP contribution >= 0.6 is 0 Å². The van der Waals surface area contributed by atoms with Gasteiger partial charge in [0, 0.05) is 30.5 Å². The smallest absolute Gasteiger partial charge is 0.273 e. The van der Waals surface area contributed by atoms with E-state index in [1.165, 1.54) is 6.07 Å². The van der Waals surface area contributed by atoms with Crippen molar-refractivity contribution in [1.82, 2.24) is 4.90 Å². The van der Waals surface area contributed by atoms with Gasteiger partial charge in [-0.3, -0.25) is 24.6 Å². The summed E-state index contributed by atoms with van der Waals surface area (Å²) in [6.45, 7) is 2.95. The highest BCUT2D eigenvalue weighted by Gasteiger charge is 2.16. The van der Waals surface area contributed by atoms with Crippen LogP contribution in [0.15, 0.2) is 42.5 Å². The Kier molecular flexibility index (Phi) is 6.37. The third-order valence-corrected chi connectivity index (χ3v) is 4.33. The number of morpholine rings is 1. The second-order valence-corrected chi connectivity index (χ2v) is 6.43. The average molecular weight is 400 g/mol. The van der Waals surface area contributed by atoms with Crippen LogP contribution in [0.5, 0.6) is 5.75 Å². The van der Waals surface area contributed by atoms with Crippen molar-refractivity contribution in [2.24, 2.45) is 0 Å². The third-order valence-electron chi connectivity index (χ3n) is 4.33. The Balaban J connectivity index is 1.56. The Labute approximate surface area is 166 Å². The number of benzene rings is 2. The maximum atomic E-state index is 12.3. The predicted molar refractivity (Wildman–Crippen MR) is 105 cm³/mol. The number of nitrogens with zero attached hydrogens (tertiary/aromatic N) is 2. The molecule has 10 heteroatoms. The Morgan fingerprint density at radius 2 is 1.69 bits per heavy atom. The molecule has 0 unspecified atom stereocenters. The number of carbonyl (C=O) groups excluding carboxylic acids is 2. The molecule has 1 heterocycles. The van der Waals surface area contributed by atoms with Gasteiger partial charge in [-0.25, -0.2) is 0 Å². The van der Waals surface area contributed by atoms with E-state index in [1.807, 2.05) is 4.90 Å². The quantitative estimate of drug-likeness (QED) is 0.497. The monoisotopic (exact) mass is 400 g/mol. The average Bonchev–Trinajstić information content (AvgIpc) is 2.70. The maximum absolute atomic E-state index is 12.3. The SMILES string of the molecule is O=C(CN1CCOCC1)Nc1ccc(NC(=O)c2ccc([N+](=O)[O-])cc2O)cc1. The maximum Gasteiger partial charge on any atom is 0.273 e. The number of nitro benzene ring substituents is 1. The zero-order chi connectivity index (χ0) is 20.8. The summed E-state index contributed by atoms with van der Waals surface area (Å²) >= 11 is 0. The summed E-state index contributed by atoms with van der Waals surface area (Å²) in [7, 11) is 0. The van der Waals surface area contributed by atoms with E-state index >= 15 is 0 Å². The van der Waals surface area contributed by atoms with Crippen LogP contribution in [-0.2, 0) is 9.53 Å². The molecule has 0 bridgehead atoms. The topological polar surface area (TPSA) is 134 Å². The second-order valence-electron chi connectivity index (χ2n) is 6.43. The molecule has 1 saturated heterocycles. The minimum absolute atomic E-state index is 0.0847. The summed E-state index contributed by atoms with van der Waals surface area (Å²) in [6.07, 6.45) is 0. The van der Waals surface area contributed by atoms with Crippen LogP contribution < -0.4 is 10.6 Å².